The summed E-state index contributed by atoms with van der Waals surface area (Å²) in [6.07, 6.45) is 5.31. The highest BCUT2D eigenvalue weighted by molar-refractivity contribution is 7.94. The summed E-state index contributed by atoms with van der Waals surface area (Å²) in [6.45, 7) is 0.386. The Morgan fingerprint density at radius 1 is 1.10 bits per heavy atom. The molecular formula is C22H20N4O3S2. The molecule has 4 aromatic rings. The lowest BCUT2D eigenvalue weighted by Gasteiger charge is -2.18. The van der Waals surface area contributed by atoms with Crippen LogP contribution >= 0.6 is 11.3 Å². The Labute approximate surface area is 184 Å². The number of anilines is 1. The number of thiophene rings is 1. The van der Waals surface area contributed by atoms with Crippen molar-refractivity contribution < 1.29 is 13.2 Å². The highest BCUT2D eigenvalue weighted by atomic mass is 32.2. The van der Waals surface area contributed by atoms with Gasteiger partial charge >= 0.3 is 0 Å². The van der Waals surface area contributed by atoms with E-state index in [1.165, 1.54) is 22.7 Å². The summed E-state index contributed by atoms with van der Waals surface area (Å²) >= 11 is 1.17. The number of benzene rings is 2. The Bertz CT molecular complexity index is 1250. The minimum absolute atomic E-state index is 0.228. The topological polar surface area (TPSA) is 84.3 Å². The van der Waals surface area contributed by atoms with Gasteiger partial charge in [-0.15, -0.1) is 11.3 Å². The summed E-state index contributed by atoms with van der Waals surface area (Å²) in [5.74, 6) is -0.228. The smallest absolute Gasteiger partial charge is 0.273 e. The van der Waals surface area contributed by atoms with E-state index in [-0.39, 0.29) is 10.1 Å². The predicted molar refractivity (Wildman–Crippen MR) is 121 cm³/mol. The van der Waals surface area contributed by atoms with E-state index in [0.29, 0.717) is 17.8 Å². The molecule has 0 spiro atoms. The summed E-state index contributed by atoms with van der Waals surface area (Å²) in [5.41, 5.74) is 2.90. The van der Waals surface area contributed by atoms with Crippen LogP contribution in [0.3, 0.4) is 0 Å². The highest BCUT2D eigenvalue weighted by Gasteiger charge is 2.22. The van der Waals surface area contributed by atoms with Crippen molar-refractivity contribution in [2.45, 2.75) is 10.8 Å². The highest BCUT2D eigenvalue weighted by Crippen LogP contribution is 2.25. The monoisotopic (exact) mass is 452 g/mol. The second kappa shape index (κ2) is 8.75. The van der Waals surface area contributed by atoms with Crippen LogP contribution < -0.4 is 9.62 Å². The number of rotatable bonds is 7. The largest absolute Gasteiger partial charge is 0.348 e. The van der Waals surface area contributed by atoms with E-state index >= 15 is 0 Å². The van der Waals surface area contributed by atoms with Gasteiger partial charge < -0.3 is 9.88 Å². The van der Waals surface area contributed by atoms with Crippen molar-refractivity contribution in [1.29, 1.82) is 0 Å². The molecule has 0 atom stereocenters. The maximum atomic E-state index is 12.6. The predicted octanol–water partition coefficient (Wildman–Crippen LogP) is 3.69. The minimum atomic E-state index is -3.60. The van der Waals surface area contributed by atoms with Gasteiger partial charge in [-0.1, -0.05) is 18.2 Å². The Hall–Kier alpha value is -3.43. The zero-order chi connectivity index (χ0) is 21.8. The van der Waals surface area contributed by atoms with Crippen LogP contribution in [0.4, 0.5) is 5.69 Å². The number of amides is 1. The SMILES string of the molecule is CN(c1ccc(C(=O)NCc2ccc(-n3ccnc3)cc2)cc1)S(=O)(=O)c1cccs1. The Morgan fingerprint density at radius 3 is 2.45 bits per heavy atom. The van der Waals surface area contributed by atoms with E-state index in [1.807, 2.05) is 35.0 Å². The normalized spacial score (nSPS) is 11.3. The molecule has 0 aliphatic carbocycles. The third-order valence-electron chi connectivity index (χ3n) is 4.79. The maximum absolute atomic E-state index is 12.6. The van der Waals surface area contributed by atoms with E-state index < -0.39 is 10.0 Å². The van der Waals surface area contributed by atoms with Crippen LogP contribution in [0.1, 0.15) is 15.9 Å². The molecule has 1 N–H and O–H groups in total. The van der Waals surface area contributed by atoms with Crippen LogP contribution in [0, 0.1) is 0 Å². The number of carbonyl (C=O) groups excluding carboxylic acids is 1. The van der Waals surface area contributed by atoms with Crippen molar-refractivity contribution in [3.8, 4) is 5.69 Å². The molecule has 2 heterocycles. The summed E-state index contributed by atoms with van der Waals surface area (Å²) in [4.78, 5) is 16.5. The number of nitrogens with zero attached hydrogens (tertiary/aromatic N) is 3. The lowest BCUT2D eigenvalue weighted by Crippen LogP contribution is -2.26. The van der Waals surface area contributed by atoms with E-state index in [1.54, 1.807) is 54.3 Å². The maximum Gasteiger partial charge on any atom is 0.273 e. The molecule has 0 bridgehead atoms. The summed E-state index contributed by atoms with van der Waals surface area (Å²) in [7, 11) is -2.10. The minimum Gasteiger partial charge on any atom is -0.348 e. The first-order valence-electron chi connectivity index (χ1n) is 9.43. The second-order valence-electron chi connectivity index (χ2n) is 6.77. The Balaban J connectivity index is 1.38. The lowest BCUT2D eigenvalue weighted by molar-refractivity contribution is 0.0951. The molecule has 0 saturated carbocycles. The molecule has 158 valence electrons. The van der Waals surface area contributed by atoms with Crippen molar-refractivity contribution >= 4 is 33.0 Å². The van der Waals surface area contributed by atoms with Crippen molar-refractivity contribution in [3.63, 3.8) is 0 Å². The van der Waals surface area contributed by atoms with Gasteiger partial charge in [-0.25, -0.2) is 13.4 Å². The van der Waals surface area contributed by atoms with Crippen LogP contribution in [-0.2, 0) is 16.6 Å². The van der Waals surface area contributed by atoms with Gasteiger partial charge in [0.1, 0.15) is 4.21 Å². The number of sulfonamides is 1. The van der Waals surface area contributed by atoms with E-state index in [9.17, 15) is 13.2 Å². The average molecular weight is 453 g/mol. The number of aromatic nitrogens is 2. The zero-order valence-electron chi connectivity index (χ0n) is 16.7. The fourth-order valence-corrected chi connectivity index (χ4v) is 5.35. The number of hydrogen-bond donors (Lipinski definition) is 1. The molecule has 7 nitrogen and oxygen atoms in total. The van der Waals surface area contributed by atoms with Gasteiger partial charge in [0.05, 0.1) is 12.0 Å². The molecule has 1 amide bonds. The Morgan fingerprint density at radius 2 is 1.84 bits per heavy atom. The molecule has 0 aliphatic heterocycles. The van der Waals surface area contributed by atoms with Crippen LogP contribution in [0.15, 0.2) is 89.0 Å². The number of nitrogens with one attached hydrogen (secondary N) is 1. The van der Waals surface area contributed by atoms with Crippen LogP contribution in [0.2, 0.25) is 0 Å². The molecule has 0 fully saturated rings. The van der Waals surface area contributed by atoms with Gasteiger partial charge in [-0.2, -0.15) is 0 Å². The van der Waals surface area contributed by atoms with Crippen LogP contribution in [0.25, 0.3) is 5.69 Å². The first-order chi connectivity index (χ1) is 14.9. The fourth-order valence-electron chi connectivity index (χ4n) is 2.99. The molecule has 9 heteroatoms. The van der Waals surface area contributed by atoms with E-state index in [4.69, 9.17) is 0 Å². The molecule has 4 rings (SSSR count). The van der Waals surface area contributed by atoms with Crippen LogP contribution in [0.5, 0.6) is 0 Å². The third-order valence-corrected chi connectivity index (χ3v) is 7.95. The first-order valence-corrected chi connectivity index (χ1v) is 11.7. The number of carbonyl (C=O) groups is 1. The number of hydrogen-bond acceptors (Lipinski definition) is 5. The Kier molecular flexibility index (Phi) is 5.88. The zero-order valence-corrected chi connectivity index (χ0v) is 18.3. The lowest BCUT2D eigenvalue weighted by atomic mass is 10.1. The standard InChI is InChI=1S/C22H20N4O3S2/c1-25(31(28,29)21-3-2-14-30-21)19-10-6-18(7-11-19)22(27)24-15-17-4-8-20(9-5-17)26-13-12-23-16-26/h2-14,16H,15H2,1H3,(H,24,27). The molecule has 0 radical (unpaired) electrons. The summed E-state index contributed by atoms with van der Waals surface area (Å²) < 4.78 is 28.6. The molecular weight excluding hydrogens is 432 g/mol. The van der Waals surface area contributed by atoms with Gasteiger partial charge in [-0.05, 0) is 53.4 Å². The van der Waals surface area contributed by atoms with Gasteiger partial charge in [0.2, 0.25) is 0 Å². The summed E-state index contributed by atoms with van der Waals surface area (Å²) in [5, 5.41) is 4.60. The van der Waals surface area contributed by atoms with Crippen molar-refractivity contribution in [2.24, 2.45) is 0 Å². The second-order valence-corrected chi connectivity index (χ2v) is 9.91. The first kappa shape index (κ1) is 20.8. The van der Waals surface area contributed by atoms with E-state index in [2.05, 4.69) is 10.3 Å². The summed E-state index contributed by atoms with van der Waals surface area (Å²) in [6, 6.07) is 17.6. The van der Waals surface area contributed by atoms with Crippen molar-refractivity contribution in [2.75, 3.05) is 11.4 Å². The quantitative estimate of drug-likeness (QED) is 0.464. The van der Waals surface area contributed by atoms with Crippen LogP contribution in [-0.4, -0.2) is 30.9 Å². The van der Waals surface area contributed by atoms with Gasteiger partial charge in [0, 0.05) is 37.2 Å². The molecule has 2 aromatic carbocycles. The van der Waals surface area contributed by atoms with Crippen molar-refractivity contribution in [1.82, 2.24) is 14.9 Å². The molecule has 31 heavy (non-hydrogen) atoms. The molecule has 0 unspecified atom stereocenters. The van der Waals surface area contributed by atoms with Gasteiger partial charge in [-0.3, -0.25) is 9.10 Å². The fraction of sp³-hybridized carbons (Fsp3) is 0.0909. The average Bonchev–Trinajstić information content (AvgIpc) is 3.52. The van der Waals surface area contributed by atoms with Gasteiger partial charge in [0.25, 0.3) is 15.9 Å². The third kappa shape index (κ3) is 4.52. The van der Waals surface area contributed by atoms with Crippen molar-refractivity contribution in [3.05, 3.63) is 95.9 Å². The van der Waals surface area contributed by atoms with E-state index in [0.717, 1.165) is 11.3 Å². The number of imidazole rings is 1. The van der Waals surface area contributed by atoms with Gasteiger partial charge in [0.15, 0.2) is 0 Å². The molecule has 0 saturated heterocycles. The molecule has 0 aliphatic rings. The molecule has 2 aromatic heterocycles.